The number of nitriles is 1. The fourth-order valence-corrected chi connectivity index (χ4v) is 1.86. The van der Waals surface area contributed by atoms with Crippen molar-refractivity contribution < 1.29 is 8.78 Å². The number of alkyl halides is 3. The van der Waals surface area contributed by atoms with E-state index in [2.05, 4.69) is 4.98 Å². The summed E-state index contributed by atoms with van der Waals surface area (Å²) in [5, 5.41) is 8.74. The van der Waals surface area contributed by atoms with Crippen LogP contribution in [0.2, 0.25) is 0 Å². The van der Waals surface area contributed by atoms with Gasteiger partial charge in [-0.25, -0.2) is 13.8 Å². The van der Waals surface area contributed by atoms with Crippen molar-refractivity contribution >= 4 is 34.2 Å². The summed E-state index contributed by atoms with van der Waals surface area (Å²) >= 11 is 7.33. The van der Waals surface area contributed by atoms with E-state index in [-0.39, 0.29) is 22.6 Å². The SMILES string of the molecule is N#Cc1c(I)ncc(C(F)F)c1CCl. The van der Waals surface area contributed by atoms with E-state index < -0.39 is 6.43 Å². The van der Waals surface area contributed by atoms with Crippen molar-refractivity contribution in [2.75, 3.05) is 0 Å². The topological polar surface area (TPSA) is 36.7 Å². The first kappa shape index (κ1) is 11.6. The van der Waals surface area contributed by atoms with Crippen LogP contribution in [0.4, 0.5) is 8.78 Å². The van der Waals surface area contributed by atoms with Gasteiger partial charge in [-0.15, -0.1) is 11.6 Å². The molecule has 0 aromatic carbocycles. The number of pyridine rings is 1. The van der Waals surface area contributed by atoms with Gasteiger partial charge in [0.2, 0.25) is 0 Å². The summed E-state index contributed by atoms with van der Waals surface area (Å²) in [6.45, 7) is 0. The van der Waals surface area contributed by atoms with Crippen molar-refractivity contribution in [3.8, 4) is 6.07 Å². The fourth-order valence-electron chi connectivity index (χ4n) is 0.983. The summed E-state index contributed by atoms with van der Waals surface area (Å²) in [4.78, 5) is 3.71. The molecule has 1 aromatic rings. The standard InChI is InChI=1S/C8H4ClF2IN2/c9-1-4-5(2-13)8(12)14-3-6(4)7(10)11/h3,7H,1H2. The van der Waals surface area contributed by atoms with Crippen molar-refractivity contribution in [2.24, 2.45) is 0 Å². The molecular formula is C8H4ClF2IN2. The number of rotatable bonds is 2. The summed E-state index contributed by atoms with van der Waals surface area (Å²) in [6.07, 6.45) is -1.59. The highest BCUT2D eigenvalue weighted by molar-refractivity contribution is 14.1. The minimum absolute atomic E-state index is 0.110. The molecule has 0 aliphatic rings. The van der Waals surface area contributed by atoms with Crippen molar-refractivity contribution in [3.05, 3.63) is 26.6 Å². The smallest absolute Gasteiger partial charge is 0.248 e. The molecule has 0 saturated heterocycles. The second kappa shape index (κ2) is 4.84. The Bertz CT molecular complexity index is 390. The monoisotopic (exact) mass is 328 g/mol. The third-order valence-corrected chi connectivity index (χ3v) is 2.74. The number of hydrogen-bond acceptors (Lipinski definition) is 2. The van der Waals surface area contributed by atoms with Gasteiger partial charge in [0.05, 0.1) is 5.56 Å². The van der Waals surface area contributed by atoms with Gasteiger partial charge < -0.3 is 0 Å². The molecule has 0 atom stereocenters. The second-order valence-electron chi connectivity index (χ2n) is 2.40. The Labute approximate surface area is 98.0 Å². The van der Waals surface area contributed by atoms with Crippen LogP contribution in [0.25, 0.3) is 0 Å². The Morgan fingerprint density at radius 3 is 2.71 bits per heavy atom. The Morgan fingerprint density at radius 1 is 1.64 bits per heavy atom. The molecule has 2 nitrogen and oxygen atoms in total. The van der Waals surface area contributed by atoms with E-state index in [1.54, 1.807) is 0 Å². The first-order valence-corrected chi connectivity index (χ1v) is 5.14. The van der Waals surface area contributed by atoms with Gasteiger partial charge in [-0.1, -0.05) is 0 Å². The zero-order valence-corrected chi connectivity index (χ0v) is 9.68. The molecule has 0 aliphatic heterocycles. The molecule has 1 heterocycles. The molecule has 0 aliphatic carbocycles. The lowest BCUT2D eigenvalue weighted by molar-refractivity contribution is 0.150. The number of nitrogens with zero attached hydrogens (tertiary/aromatic N) is 2. The van der Waals surface area contributed by atoms with E-state index in [1.807, 2.05) is 28.7 Å². The minimum atomic E-state index is -2.65. The van der Waals surface area contributed by atoms with Crippen molar-refractivity contribution in [1.82, 2.24) is 4.98 Å². The van der Waals surface area contributed by atoms with E-state index in [9.17, 15) is 8.78 Å². The van der Waals surface area contributed by atoms with Gasteiger partial charge in [-0.2, -0.15) is 5.26 Å². The summed E-state index contributed by atoms with van der Waals surface area (Å²) in [7, 11) is 0. The van der Waals surface area contributed by atoms with E-state index in [0.29, 0.717) is 3.70 Å². The summed E-state index contributed by atoms with van der Waals surface area (Å²) in [6, 6.07) is 1.82. The average molecular weight is 328 g/mol. The van der Waals surface area contributed by atoms with E-state index >= 15 is 0 Å². The lowest BCUT2D eigenvalue weighted by atomic mass is 10.1. The first-order valence-electron chi connectivity index (χ1n) is 3.53. The van der Waals surface area contributed by atoms with Crippen LogP contribution >= 0.6 is 34.2 Å². The van der Waals surface area contributed by atoms with Crippen LogP contribution in [-0.2, 0) is 5.88 Å². The Morgan fingerprint density at radius 2 is 2.29 bits per heavy atom. The third-order valence-electron chi connectivity index (χ3n) is 1.65. The zero-order chi connectivity index (χ0) is 10.7. The lowest BCUT2D eigenvalue weighted by Gasteiger charge is -2.08. The fraction of sp³-hybridized carbons (Fsp3) is 0.250. The van der Waals surface area contributed by atoms with Crippen LogP contribution in [0.1, 0.15) is 23.1 Å². The quantitative estimate of drug-likeness (QED) is 0.475. The molecule has 14 heavy (non-hydrogen) atoms. The van der Waals surface area contributed by atoms with Crippen molar-refractivity contribution in [3.63, 3.8) is 0 Å². The molecule has 74 valence electrons. The van der Waals surface area contributed by atoms with Crippen LogP contribution in [0.15, 0.2) is 6.20 Å². The van der Waals surface area contributed by atoms with Crippen LogP contribution in [0, 0.1) is 15.0 Å². The predicted octanol–water partition coefficient (Wildman–Crippen LogP) is 3.23. The third kappa shape index (κ3) is 2.12. The molecule has 0 spiro atoms. The number of hydrogen-bond donors (Lipinski definition) is 0. The van der Waals surface area contributed by atoms with Gasteiger partial charge in [0, 0.05) is 17.6 Å². The summed E-state index contributed by atoms with van der Waals surface area (Å²) in [5.41, 5.74) is 0.0407. The molecule has 0 fully saturated rings. The van der Waals surface area contributed by atoms with Crippen LogP contribution in [0.5, 0.6) is 0 Å². The van der Waals surface area contributed by atoms with Gasteiger partial charge in [0.1, 0.15) is 9.77 Å². The Hall–Kier alpha value is -0.480. The second-order valence-corrected chi connectivity index (χ2v) is 3.69. The molecule has 1 rings (SSSR count). The molecule has 0 bridgehead atoms. The minimum Gasteiger partial charge on any atom is -0.248 e. The lowest BCUT2D eigenvalue weighted by Crippen LogP contribution is -2.01. The van der Waals surface area contributed by atoms with Crippen LogP contribution in [-0.4, -0.2) is 4.98 Å². The van der Waals surface area contributed by atoms with Gasteiger partial charge in [-0.05, 0) is 28.2 Å². The van der Waals surface area contributed by atoms with Crippen LogP contribution < -0.4 is 0 Å². The maximum Gasteiger partial charge on any atom is 0.265 e. The molecule has 0 saturated carbocycles. The van der Waals surface area contributed by atoms with Gasteiger partial charge in [-0.3, -0.25) is 0 Å². The van der Waals surface area contributed by atoms with Crippen LogP contribution in [0.3, 0.4) is 0 Å². The van der Waals surface area contributed by atoms with E-state index in [0.717, 1.165) is 6.20 Å². The molecule has 0 radical (unpaired) electrons. The molecule has 6 heteroatoms. The average Bonchev–Trinajstić information content (AvgIpc) is 2.16. The van der Waals surface area contributed by atoms with E-state index in [1.165, 1.54) is 0 Å². The number of halogens is 4. The zero-order valence-electron chi connectivity index (χ0n) is 6.77. The van der Waals surface area contributed by atoms with Crippen molar-refractivity contribution in [1.29, 1.82) is 5.26 Å². The normalized spacial score (nSPS) is 10.3. The largest absolute Gasteiger partial charge is 0.265 e. The summed E-state index contributed by atoms with van der Waals surface area (Å²) in [5.74, 6) is -0.110. The Balaban J connectivity index is 3.42. The molecule has 0 amide bonds. The highest BCUT2D eigenvalue weighted by Crippen LogP contribution is 2.27. The molecular weight excluding hydrogens is 324 g/mol. The highest BCUT2D eigenvalue weighted by Gasteiger charge is 2.18. The van der Waals surface area contributed by atoms with Gasteiger partial charge in [0.15, 0.2) is 0 Å². The maximum atomic E-state index is 12.5. The summed E-state index contributed by atoms with van der Waals surface area (Å²) < 4.78 is 25.3. The van der Waals surface area contributed by atoms with Gasteiger partial charge in [0.25, 0.3) is 6.43 Å². The van der Waals surface area contributed by atoms with Crippen molar-refractivity contribution in [2.45, 2.75) is 12.3 Å². The predicted molar refractivity (Wildman–Crippen MR) is 56.2 cm³/mol. The first-order chi connectivity index (χ1) is 6.61. The number of aromatic nitrogens is 1. The maximum absolute atomic E-state index is 12.5. The molecule has 0 N–H and O–H groups in total. The Kier molecular flexibility index (Phi) is 4.01. The van der Waals surface area contributed by atoms with Gasteiger partial charge >= 0.3 is 0 Å². The molecule has 1 aromatic heterocycles. The molecule has 0 unspecified atom stereocenters. The van der Waals surface area contributed by atoms with E-state index in [4.69, 9.17) is 16.9 Å². The highest BCUT2D eigenvalue weighted by atomic mass is 127.